The van der Waals surface area contributed by atoms with Crippen molar-refractivity contribution in [3.8, 4) is 0 Å². The van der Waals surface area contributed by atoms with Gasteiger partial charge in [-0.1, -0.05) is 13.8 Å². The maximum absolute atomic E-state index is 12.5. The number of amides is 1. The molecule has 0 bridgehead atoms. The van der Waals surface area contributed by atoms with E-state index >= 15 is 0 Å². The lowest BCUT2D eigenvalue weighted by Gasteiger charge is -2.26. The molecule has 1 heterocycles. The first-order valence-electron chi connectivity index (χ1n) is 6.99. The maximum atomic E-state index is 12.5. The topological polar surface area (TPSA) is 55.4 Å². The average Bonchev–Trinajstić information content (AvgIpc) is 2.91. The van der Waals surface area contributed by atoms with Crippen molar-refractivity contribution in [2.75, 3.05) is 7.11 Å². The van der Waals surface area contributed by atoms with Crippen molar-refractivity contribution in [2.24, 2.45) is 5.92 Å². The first kappa shape index (κ1) is 15.0. The zero-order chi connectivity index (χ0) is 14.7. The van der Waals surface area contributed by atoms with Crippen molar-refractivity contribution in [3.63, 3.8) is 0 Å². The second-order valence-corrected chi connectivity index (χ2v) is 6.50. The zero-order valence-electron chi connectivity index (χ0n) is 12.1. The van der Waals surface area contributed by atoms with Gasteiger partial charge in [-0.25, -0.2) is 4.79 Å². The molecule has 1 aliphatic rings. The van der Waals surface area contributed by atoms with Crippen LogP contribution in [-0.2, 0) is 20.7 Å². The molecule has 5 heteroatoms. The Morgan fingerprint density at radius 3 is 2.85 bits per heavy atom. The second kappa shape index (κ2) is 6.39. The predicted octanol–water partition coefficient (Wildman–Crippen LogP) is 2.48. The third kappa shape index (κ3) is 3.03. The molecule has 0 aliphatic heterocycles. The molecule has 1 aliphatic carbocycles. The number of thiophene rings is 1. The van der Waals surface area contributed by atoms with Crippen molar-refractivity contribution in [1.29, 1.82) is 0 Å². The Labute approximate surface area is 123 Å². The molecule has 2 atom stereocenters. The van der Waals surface area contributed by atoms with Crippen LogP contribution in [0.15, 0.2) is 11.4 Å². The minimum Gasteiger partial charge on any atom is -0.467 e. The lowest BCUT2D eigenvalue weighted by atomic mass is 9.86. The van der Waals surface area contributed by atoms with Gasteiger partial charge in [-0.2, -0.15) is 0 Å². The van der Waals surface area contributed by atoms with E-state index in [0.717, 1.165) is 24.8 Å². The molecule has 1 N–H and O–H groups in total. The Morgan fingerprint density at radius 1 is 1.45 bits per heavy atom. The summed E-state index contributed by atoms with van der Waals surface area (Å²) in [6.07, 6.45) is 2.93. The van der Waals surface area contributed by atoms with E-state index in [1.165, 1.54) is 12.0 Å². The number of carbonyl (C=O) groups is 2. The molecule has 1 aromatic heterocycles. The van der Waals surface area contributed by atoms with Crippen molar-refractivity contribution in [1.82, 2.24) is 5.32 Å². The molecule has 2 unspecified atom stereocenters. The van der Waals surface area contributed by atoms with E-state index in [2.05, 4.69) is 5.32 Å². The third-order valence-corrected chi connectivity index (χ3v) is 4.78. The van der Waals surface area contributed by atoms with Crippen molar-refractivity contribution >= 4 is 23.2 Å². The smallest absolute Gasteiger partial charge is 0.328 e. The van der Waals surface area contributed by atoms with E-state index < -0.39 is 6.04 Å². The molecule has 20 heavy (non-hydrogen) atoms. The Bertz CT molecular complexity index is 495. The van der Waals surface area contributed by atoms with Gasteiger partial charge in [0.1, 0.15) is 6.04 Å². The SMILES string of the molecule is COC(=O)C(NC(=O)C1CCCc2sccc21)C(C)C. The van der Waals surface area contributed by atoms with Crippen molar-refractivity contribution < 1.29 is 14.3 Å². The highest BCUT2D eigenvalue weighted by Gasteiger charge is 2.31. The first-order valence-corrected chi connectivity index (χ1v) is 7.87. The minimum absolute atomic E-state index is 0.0111. The van der Waals surface area contributed by atoms with E-state index in [9.17, 15) is 9.59 Å². The molecule has 1 aromatic rings. The fourth-order valence-corrected chi connectivity index (χ4v) is 3.62. The number of esters is 1. The van der Waals surface area contributed by atoms with Crippen LogP contribution in [0.25, 0.3) is 0 Å². The molecule has 0 saturated carbocycles. The highest BCUT2D eigenvalue weighted by molar-refractivity contribution is 7.10. The van der Waals surface area contributed by atoms with Gasteiger partial charge in [0.15, 0.2) is 0 Å². The Balaban J connectivity index is 2.11. The van der Waals surface area contributed by atoms with Gasteiger partial charge < -0.3 is 10.1 Å². The van der Waals surface area contributed by atoms with E-state index in [1.54, 1.807) is 11.3 Å². The monoisotopic (exact) mass is 295 g/mol. The normalized spacial score (nSPS) is 19.3. The fraction of sp³-hybridized carbons (Fsp3) is 0.600. The first-order chi connectivity index (χ1) is 9.54. The molecule has 4 nitrogen and oxygen atoms in total. The summed E-state index contributed by atoms with van der Waals surface area (Å²) < 4.78 is 4.76. The molecule has 2 rings (SSSR count). The molecule has 0 saturated heterocycles. The summed E-state index contributed by atoms with van der Waals surface area (Å²) in [5.74, 6) is -0.559. The summed E-state index contributed by atoms with van der Waals surface area (Å²) in [7, 11) is 1.35. The highest BCUT2D eigenvalue weighted by atomic mass is 32.1. The summed E-state index contributed by atoms with van der Waals surface area (Å²) in [6.45, 7) is 3.80. The summed E-state index contributed by atoms with van der Waals surface area (Å²) in [5.41, 5.74) is 1.13. The maximum Gasteiger partial charge on any atom is 0.328 e. The van der Waals surface area contributed by atoms with Gasteiger partial charge in [-0.3, -0.25) is 4.79 Å². The van der Waals surface area contributed by atoms with Crippen LogP contribution in [0.3, 0.4) is 0 Å². The standard InChI is InChI=1S/C15H21NO3S/c1-9(2)13(15(18)19-3)16-14(17)11-5-4-6-12-10(11)7-8-20-12/h7-9,11,13H,4-6H2,1-3H3,(H,16,17). The van der Waals surface area contributed by atoms with Gasteiger partial charge >= 0.3 is 5.97 Å². The minimum atomic E-state index is -0.573. The summed E-state index contributed by atoms with van der Waals surface area (Å²) in [5, 5.41) is 4.90. The predicted molar refractivity (Wildman–Crippen MR) is 78.8 cm³/mol. The van der Waals surface area contributed by atoms with Crippen LogP contribution in [0, 0.1) is 5.92 Å². The lowest BCUT2D eigenvalue weighted by Crippen LogP contribution is -2.47. The van der Waals surface area contributed by atoms with Gasteiger partial charge in [-0.15, -0.1) is 11.3 Å². The zero-order valence-corrected chi connectivity index (χ0v) is 13.0. The van der Waals surface area contributed by atoms with Crippen LogP contribution in [0.1, 0.15) is 43.0 Å². The van der Waals surface area contributed by atoms with Crippen LogP contribution >= 0.6 is 11.3 Å². The molecule has 1 amide bonds. The largest absolute Gasteiger partial charge is 0.467 e. The van der Waals surface area contributed by atoms with Gasteiger partial charge in [0.2, 0.25) is 5.91 Å². The number of carbonyl (C=O) groups excluding carboxylic acids is 2. The summed E-state index contributed by atoms with van der Waals surface area (Å²) in [6, 6.07) is 1.46. The molecule has 110 valence electrons. The van der Waals surface area contributed by atoms with Crippen LogP contribution < -0.4 is 5.32 Å². The Kier molecular flexibility index (Phi) is 4.81. The van der Waals surface area contributed by atoms with Gasteiger partial charge in [-0.05, 0) is 42.2 Å². The number of nitrogens with one attached hydrogen (secondary N) is 1. The van der Waals surface area contributed by atoms with Crippen molar-refractivity contribution in [2.45, 2.75) is 45.1 Å². The third-order valence-electron chi connectivity index (χ3n) is 3.79. The van der Waals surface area contributed by atoms with E-state index in [-0.39, 0.29) is 23.7 Å². The van der Waals surface area contributed by atoms with Crippen LogP contribution in [0.5, 0.6) is 0 Å². The molecule has 0 radical (unpaired) electrons. The summed E-state index contributed by atoms with van der Waals surface area (Å²) >= 11 is 1.71. The van der Waals surface area contributed by atoms with Gasteiger partial charge in [0.05, 0.1) is 13.0 Å². The number of rotatable bonds is 4. The van der Waals surface area contributed by atoms with Gasteiger partial charge in [0.25, 0.3) is 0 Å². The Hall–Kier alpha value is -1.36. The van der Waals surface area contributed by atoms with Gasteiger partial charge in [0, 0.05) is 4.88 Å². The second-order valence-electron chi connectivity index (χ2n) is 5.50. The van der Waals surface area contributed by atoms with Crippen LogP contribution in [0.2, 0.25) is 0 Å². The lowest BCUT2D eigenvalue weighted by molar-refractivity contribution is -0.146. The molecular weight excluding hydrogens is 274 g/mol. The quantitative estimate of drug-likeness (QED) is 0.868. The molecule has 0 fully saturated rings. The number of aryl methyl sites for hydroxylation is 1. The number of methoxy groups -OCH3 is 1. The summed E-state index contributed by atoms with van der Waals surface area (Å²) in [4.78, 5) is 25.5. The number of hydrogen-bond acceptors (Lipinski definition) is 4. The molecular formula is C15H21NO3S. The Morgan fingerprint density at radius 2 is 2.20 bits per heavy atom. The fourth-order valence-electron chi connectivity index (χ4n) is 2.64. The van der Waals surface area contributed by atoms with Crippen molar-refractivity contribution in [3.05, 3.63) is 21.9 Å². The van der Waals surface area contributed by atoms with Crippen LogP contribution in [-0.4, -0.2) is 25.0 Å². The number of ether oxygens (including phenoxy) is 1. The number of fused-ring (bicyclic) bond motifs is 1. The van der Waals surface area contributed by atoms with E-state index in [1.807, 2.05) is 25.3 Å². The average molecular weight is 295 g/mol. The van der Waals surface area contributed by atoms with Crippen LogP contribution in [0.4, 0.5) is 0 Å². The van der Waals surface area contributed by atoms with E-state index in [0.29, 0.717) is 0 Å². The molecule has 0 aromatic carbocycles. The molecule has 0 spiro atoms. The highest BCUT2D eigenvalue weighted by Crippen LogP contribution is 2.35. The van der Waals surface area contributed by atoms with E-state index in [4.69, 9.17) is 4.74 Å². The number of hydrogen-bond donors (Lipinski definition) is 1.